The van der Waals surface area contributed by atoms with Gasteiger partial charge in [0.05, 0.1) is 0 Å². The van der Waals surface area contributed by atoms with Crippen molar-refractivity contribution in [3.8, 4) is 0 Å². The Morgan fingerprint density at radius 3 is 2.55 bits per heavy atom. The molecule has 1 saturated carbocycles. The summed E-state index contributed by atoms with van der Waals surface area (Å²) in [7, 11) is 0. The van der Waals surface area contributed by atoms with Crippen molar-refractivity contribution in [2.45, 2.75) is 82.6 Å². The zero-order chi connectivity index (χ0) is 26.3. The molecular weight excluding hydrogens is 475 g/mol. The third kappa shape index (κ3) is 7.15. The molecule has 1 N–H and O–H groups in total. The molecule has 5 rings (SSSR count). The minimum atomic E-state index is -0.670. The number of carbonyl (C=O) groups is 1. The van der Waals surface area contributed by atoms with Crippen LogP contribution >= 0.6 is 0 Å². The second-order valence-electron chi connectivity index (χ2n) is 12.5. The number of rotatable bonds is 10. The third-order valence-corrected chi connectivity index (χ3v) is 9.95. The summed E-state index contributed by atoms with van der Waals surface area (Å²) in [6.45, 7) is 4.78. The van der Waals surface area contributed by atoms with Crippen LogP contribution in [0.3, 0.4) is 0 Å². The lowest BCUT2D eigenvalue weighted by Crippen LogP contribution is -2.46. The van der Waals surface area contributed by atoms with E-state index in [0.717, 1.165) is 75.8 Å². The second-order valence-corrected chi connectivity index (χ2v) is 12.5. The molecule has 5 heteroatoms. The Labute approximate surface area is 229 Å². The number of carboxylic acid groups (broad SMARTS) is 1. The van der Waals surface area contributed by atoms with Crippen molar-refractivity contribution in [2.75, 3.05) is 32.7 Å². The molecule has 2 heterocycles. The van der Waals surface area contributed by atoms with Gasteiger partial charge in [0.25, 0.3) is 0 Å². The number of halogens is 1. The topological polar surface area (TPSA) is 43.8 Å². The van der Waals surface area contributed by atoms with Crippen LogP contribution in [0.15, 0.2) is 48.6 Å². The minimum Gasteiger partial charge on any atom is -0.480 e. The van der Waals surface area contributed by atoms with E-state index in [9.17, 15) is 14.3 Å². The van der Waals surface area contributed by atoms with Crippen LogP contribution < -0.4 is 0 Å². The Balaban J connectivity index is 1.18. The molecule has 0 aromatic heterocycles. The first-order valence-electron chi connectivity index (χ1n) is 15.3. The lowest BCUT2D eigenvalue weighted by molar-refractivity contribution is -0.145. The van der Waals surface area contributed by atoms with E-state index in [4.69, 9.17) is 0 Å². The lowest BCUT2D eigenvalue weighted by atomic mass is 9.83. The van der Waals surface area contributed by atoms with E-state index in [1.807, 2.05) is 12.1 Å². The monoisotopic (exact) mass is 522 g/mol. The van der Waals surface area contributed by atoms with E-state index in [-0.39, 0.29) is 17.7 Å². The Hall–Kier alpha value is -1.98. The number of carboxylic acids is 1. The van der Waals surface area contributed by atoms with Crippen LogP contribution in [0.4, 0.5) is 4.39 Å². The molecule has 0 spiro atoms. The van der Waals surface area contributed by atoms with Gasteiger partial charge in [0.15, 0.2) is 0 Å². The number of likely N-dealkylation sites (tertiary alicyclic amines) is 2. The van der Waals surface area contributed by atoms with Gasteiger partial charge in [-0.2, -0.15) is 0 Å². The van der Waals surface area contributed by atoms with Crippen LogP contribution in [0.1, 0.15) is 82.1 Å². The first kappa shape index (κ1) is 27.6. The zero-order valence-electron chi connectivity index (χ0n) is 23.0. The lowest BCUT2D eigenvalue weighted by Gasteiger charge is -2.35. The van der Waals surface area contributed by atoms with Gasteiger partial charge in [0.2, 0.25) is 0 Å². The van der Waals surface area contributed by atoms with E-state index in [0.29, 0.717) is 5.92 Å². The average Bonchev–Trinajstić information content (AvgIpc) is 3.33. The summed E-state index contributed by atoms with van der Waals surface area (Å²) in [5.74, 6) is 1.46. The molecule has 0 bridgehead atoms. The molecular formula is C33H47FN2O2. The van der Waals surface area contributed by atoms with Crippen LogP contribution in [-0.4, -0.2) is 59.6 Å². The predicted octanol–water partition coefficient (Wildman–Crippen LogP) is 6.89. The first-order valence-corrected chi connectivity index (χ1v) is 15.3. The van der Waals surface area contributed by atoms with Crippen molar-refractivity contribution >= 4 is 5.97 Å². The van der Waals surface area contributed by atoms with Gasteiger partial charge < -0.3 is 10.0 Å². The summed E-state index contributed by atoms with van der Waals surface area (Å²) in [5, 5.41) is 10.3. The fraction of sp³-hybridized carbons (Fsp3) is 0.667. The average molecular weight is 523 g/mol. The Morgan fingerprint density at radius 2 is 1.84 bits per heavy atom. The van der Waals surface area contributed by atoms with Crippen LogP contribution in [0.25, 0.3) is 0 Å². The largest absolute Gasteiger partial charge is 0.480 e. The Kier molecular flexibility index (Phi) is 9.72. The van der Waals surface area contributed by atoms with E-state index >= 15 is 0 Å². The number of allylic oxidation sites excluding steroid dienone is 4. The van der Waals surface area contributed by atoms with Gasteiger partial charge in [-0.3, -0.25) is 9.69 Å². The number of hydrogen-bond acceptors (Lipinski definition) is 3. The normalized spacial score (nSPS) is 28.6. The number of hydrogen-bond donors (Lipinski definition) is 1. The molecule has 0 radical (unpaired) electrons. The number of benzene rings is 1. The van der Waals surface area contributed by atoms with Crippen molar-refractivity contribution in [1.29, 1.82) is 0 Å². The van der Waals surface area contributed by atoms with Gasteiger partial charge in [-0.15, -0.1) is 0 Å². The fourth-order valence-electron chi connectivity index (χ4n) is 7.84. The maximum atomic E-state index is 14.2. The summed E-state index contributed by atoms with van der Waals surface area (Å²) >= 11 is 0. The van der Waals surface area contributed by atoms with Crippen LogP contribution in [-0.2, 0) is 4.79 Å². The number of piperidine rings is 1. The molecule has 1 aromatic carbocycles. The molecule has 2 saturated heterocycles. The van der Waals surface area contributed by atoms with Gasteiger partial charge in [0.1, 0.15) is 11.9 Å². The maximum Gasteiger partial charge on any atom is 0.321 e. The molecule has 4 aliphatic rings. The molecule has 0 amide bonds. The summed E-state index contributed by atoms with van der Waals surface area (Å²) in [4.78, 5) is 17.3. The van der Waals surface area contributed by atoms with Gasteiger partial charge in [-0.25, -0.2) is 4.39 Å². The third-order valence-electron chi connectivity index (χ3n) is 9.95. The van der Waals surface area contributed by atoms with E-state index < -0.39 is 12.0 Å². The number of nitrogens with zero attached hydrogens (tertiary/aromatic N) is 2. The van der Waals surface area contributed by atoms with Gasteiger partial charge >= 0.3 is 5.97 Å². The molecule has 3 fully saturated rings. The van der Waals surface area contributed by atoms with Crippen LogP contribution in [0.5, 0.6) is 0 Å². The predicted molar refractivity (Wildman–Crippen MR) is 152 cm³/mol. The summed E-state index contributed by atoms with van der Waals surface area (Å²) in [5.41, 5.74) is 1.03. The molecule has 4 atom stereocenters. The van der Waals surface area contributed by atoms with Crippen LogP contribution in [0, 0.1) is 29.5 Å². The zero-order valence-corrected chi connectivity index (χ0v) is 23.0. The molecule has 1 unspecified atom stereocenters. The molecule has 2 aliphatic heterocycles. The minimum absolute atomic E-state index is 0.187. The van der Waals surface area contributed by atoms with Crippen molar-refractivity contribution in [3.63, 3.8) is 0 Å². The standard InChI is InChI=1S/C33H47FN2O2/c34-30-16-8-15-28(21-30)31-24-36(32(33(37)38)27-13-5-2-6-14-27)23-29(31)22-35-19-17-26(18-20-35)12-7-11-25-9-3-1-4-10-25/h1,3-4,8-9,15-16,21,25-27,29,31-32H,2,5-7,10-14,17-20,22-24H2,(H,37,38)/t25?,29-,31+,32+/m0/s1. The van der Waals surface area contributed by atoms with Gasteiger partial charge in [0, 0.05) is 25.6 Å². The van der Waals surface area contributed by atoms with E-state index in [2.05, 4.69) is 34.1 Å². The molecule has 1 aromatic rings. The summed E-state index contributed by atoms with van der Waals surface area (Å²) < 4.78 is 14.2. The smallest absolute Gasteiger partial charge is 0.321 e. The highest BCUT2D eigenvalue weighted by Crippen LogP contribution is 2.39. The second kappa shape index (κ2) is 13.4. The summed E-state index contributed by atoms with van der Waals surface area (Å²) in [6.07, 6.45) is 22.3. The quantitative estimate of drug-likeness (QED) is 0.363. The number of aliphatic carboxylic acids is 1. The molecule has 38 heavy (non-hydrogen) atoms. The van der Waals surface area contributed by atoms with Crippen molar-refractivity contribution in [1.82, 2.24) is 9.80 Å². The molecule has 2 aliphatic carbocycles. The SMILES string of the molecule is O=C(O)[C@@H](C1CCCCC1)N1C[C@H](CN2CCC(CCCC3C=CC=CC3)CC2)[C@@H](c2cccc(F)c2)C1. The van der Waals surface area contributed by atoms with E-state index in [1.54, 1.807) is 6.07 Å². The Morgan fingerprint density at radius 1 is 1.03 bits per heavy atom. The fourth-order valence-corrected chi connectivity index (χ4v) is 7.84. The maximum absolute atomic E-state index is 14.2. The van der Waals surface area contributed by atoms with E-state index in [1.165, 1.54) is 51.0 Å². The first-order chi connectivity index (χ1) is 18.6. The highest BCUT2D eigenvalue weighted by Gasteiger charge is 2.43. The highest BCUT2D eigenvalue weighted by atomic mass is 19.1. The van der Waals surface area contributed by atoms with Crippen molar-refractivity contribution < 1.29 is 14.3 Å². The highest BCUT2D eigenvalue weighted by molar-refractivity contribution is 5.74. The van der Waals surface area contributed by atoms with Crippen molar-refractivity contribution in [2.24, 2.45) is 23.7 Å². The Bertz CT molecular complexity index is 963. The molecule has 208 valence electrons. The van der Waals surface area contributed by atoms with Gasteiger partial charge in [-0.1, -0.05) is 68.5 Å². The van der Waals surface area contributed by atoms with Gasteiger partial charge in [-0.05, 0) is 93.0 Å². The van der Waals surface area contributed by atoms with Crippen LogP contribution in [0.2, 0.25) is 0 Å². The summed E-state index contributed by atoms with van der Waals surface area (Å²) in [6, 6.07) is 6.65. The molecule has 4 nitrogen and oxygen atoms in total. The van der Waals surface area contributed by atoms with Crippen molar-refractivity contribution in [3.05, 3.63) is 60.0 Å².